The molecule has 0 spiro atoms. The first-order valence-electron chi connectivity index (χ1n) is 9.34. The number of alkyl halides is 2. The fourth-order valence-corrected chi connectivity index (χ4v) is 6.56. The van der Waals surface area contributed by atoms with Gasteiger partial charge >= 0.3 is 5.97 Å². The predicted octanol–water partition coefficient (Wildman–Crippen LogP) is 2.12. The van der Waals surface area contributed by atoms with E-state index in [1.54, 1.807) is 6.92 Å². The second-order valence-corrected chi connectivity index (χ2v) is 9.06. The Morgan fingerprint density at radius 3 is 2.59 bits per heavy atom. The highest BCUT2D eigenvalue weighted by Crippen LogP contribution is 2.69. The zero-order valence-corrected chi connectivity index (χ0v) is 15.3. The number of fused-ring (bicyclic) bond motifs is 5. The third-order valence-corrected chi connectivity index (χ3v) is 8.13. The van der Waals surface area contributed by atoms with Gasteiger partial charge in [-0.2, -0.15) is 0 Å². The van der Waals surface area contributed by atoms with Crippen LogP contribution < -0.4 is 0 Å². The van der Waals surface area contributed by atoms with Crippen LogP contribution in [0, 0.1) is 22.7 Å². The summed E-state index contributed by atoms with van der Waals surface area (Å²) in [5.74, 6) is -3.36. The van der Waals surface area contributed by atoms with E-state index in [2.05, 4.69) is 0 Å². The van der Waals surface area contributed by atoms with Crippen molar-refractivity contribution in [1.82, 2.24) is 0 Å². The zero-order valence-electron chi connectivity index (χ0n) is 15.3. The summed E-state index contributed by atoms with van der Waals surface area (Å²) in [7, 11) is 0. The van der Waals surface area contributed by atoms with Gasteiger partial charge in [0.05, 0.1) is 6.10 Å². The number of allylic oxidation sites excluding steroid dienone is 4. The Morgan fingerprint density at radius 2 is 1.96 bits per heavy atom. The highest BCUT2D eigenvalue weighted by Gasteiger charge is 2.75. The predicted molar refractivity (Wildman–Crippen MR) is 91.2 cm³/mol. The number of carboxylic acids is 1. The molecule has 8 atom stereocenters. The lowest BCUT2D eigenvalue weighted by molar-refractivity contribution is -0.226. The molecule has 0 amide bonds. The molecule has 0 radical (unpaired) electrons. The summed E-state index contributed by atoms with van der Waals surface area (Å²) in [6.07, 6.45) is 0.195. The fraction of sp³-hybridized carbons (Fsp3) is 0.700. The number of halogens is 2. The summed E-state index contributed by atoms with van der Waals surface area (Å²) in [5.41, 5.74) is -7.05. The Bertz CT molecular complexity index is 793. The number of ketones is 1. The molecule has 3 saturated carbocycles. The van der Waals surface area contributed by atoms with E-state index in [0.717, 1.165) is 6.08 Å². The second-order valence-electron chi connectivity index (χ2n) is 9.06. The molecule has 0 saturated heterocycles. The number of aliphatic hydroxyl groups excluding tert-OH is 1. The molecule has 0 aromatic rings. The zero-order chi connectivity index (χ0) is 20.0. The van der Waals surface area contributed by atoms with E-state index in [0.29, 0.717) is 0 Å². The molecule has 0 aromatic heterocycles. The molecule has 4 aliphatic carbocycles. The van der Waals surface area contributed by atoms with Crippen LogP contribution in [0.4, 0.5) is 8.78 Å². The van der Waals surface area contributed by atoms with E-state index >= 15 is 8.78 Å². The topological polar surface area (TPSA) is 94.8 Å². The smallest absolute Gasteiger partial charge is 0.336 e. The number of hydrogen-bond donors (Lipinski definition) is 3. The lowest BCUT2D eigenvalue weighted by atomic mass is 9.44. The normalized spacial score (nSPS) is 54.0. The molecule has 7 heteroatoms. The Hall–Kier alpha value is -1.60. The maximum absolute atomic E-state index is 16.6. The molecule has 0 aliphatic heterocycles. The number of aliphatic hydroxyl groups is 2. The maximum Gasteiger partial charge on any atom is 0.336 e. The van der Waals surface area contributed by atoms with Crippen molar-refractivity contribution < 1.29 is 33.7 Å². The van der Waals surface area contributed by atoms with Gasteiger partial charge in [-0.15, -0.1) is 0 Å². The van der Waals surface area contributed by atoms with Gasteiger partial charge in [0.1, 0.15) is 6.17 Å². The van der Waals surface area contributed by atoms with Gasteiger partial charge in [0.15, 0.2) is 17.1 Å². The van der Waals surface area contributed by atoms with E-state index in [-0.39, 0.29) is 31.3 Å². The number of aliphatic carboxylic acids is 1. The monoisotopic (exact) mass is 382 g/mol. The highest BCUT2D eigenvalue weighted by molar-refractivity contribution is 6.01. The van der Waals surface area contributed by atoms with Gasteiger partial charge in [0, 0.05) is 16.7 Å². The fourth-order valence-electron chi connectivity index (χ4n) is 6.56. The summed E-state index contributed by atoms with van der Waals surface area (Å²) in [4.78, 5) is 23.5. The van der Waals surface area contributed by atoms with Crippen molar-refractivity contribution >= 4 is 11.8 Å². The van der Waals surface area contributed by atoms with Gasteiger partial charge in [0.2, 0.25) is 0 Å². The number of hydrogen-bond acceptors (Lipinski definition) is 4. The van der Waals surface area contributed by atoms with Gasteiger partial charge in [-0.1, -0.05) is 13.0 Å². The van der Waals surface area contributed by atoms with Crippen LogP contribution in [0.3, 0.4) is 0 Å². The van der Waals surface area contributed by atoms with Crippen LogP contribution in [0.25, 0.3) is 0 Å². The van der Waals surface area contributed by atoms with Crippen molar-refractivity contribution in [2.75, 3.05) is 0 Å². The average molecular weight is 382 g/mol. The van der Waals surface area contributed by atoms with Gasteiger partial charge in [0.25, 0.3) is 0 Å². The van der Waals surface area contributed by atoms with Crippen molar-refractivity contribution in [1.29, 1.82) is 0 Å². The Morgan fingerprint density at radius 1 is 1.30 bits per heavy atom. The molecule has 5 nitrogen and oxygen atoms in total. The maximum atomic E-state index is 16.6. The Balaban J connectivity index is 1.86. The van der Waals surface area contributed by atoms with Crippen LogP contribution in [0.2, 0.25) is 0 Å². The van der Waals surface area contributed by atoms with Crippen molar-refractivity contribution in [2.24, 2.45) is 22.7 Å². The van der Waals surface area contributed by atoms with Crippen LogP contribution in [0.5, 0.6) is 0 Å². The third-order valence-electron chi connectivity index (χ3n) is 8.13. The molecule has 0 aromatic carbocycles. The van der Waals surface area contributed by atoms with E-state index in [4.69, 9.17) is 0 Å². The van der Waals surface area contributed by atoms with Crippen molar-refractivity contribution in [3.8, 4) is 0 Å². The Kier molecular flexibility index (Phi) is 3.65. The van der Waals surface area contributed by atoms with Gasteiger partial charge in [-0.25, -0.2) is 13.6 Å². The van der Waals surface area contributed by atoms with Crippen molar-refractivity contribution in [2.45, 2.75) is 63.1 Å². The van der Waals surface area contributed by atoms with Gasteiger partial charge in [-0.05, 0) is 56.3 Å². The molecule has 3 N–H and O–H groups in total. The first-order chi connectivity index (χ1) is 12.4. The first-order valence-corrected chi connectivity index (χ1v) is 9.34. The molecule has 4 aliphatic rings. The quantitative estimate of drug-likeness (QED) is 0.646. The molecule has 0 bridgehead atoms. The molecule has 0 heterocycles. The second kappa shape index (κ2) is 5.26. The molecule has 27 heavy (non-hydrogen) atoms. The van der Waals surface area contributed by atoms with Crippen LogP contribution in [0.15, 0.2) is 23.8 Å². The number of carbonyl (C=O) groups excluding carboxylic acids is 1. The minimum atomic E-state index is -2.24. The summed E-state index contributed by atoms with van der Waals surface area (Å²) < 4.78 is 31.7. The molecule has 0 unspecified atom stereocenters. The standard InChI is InChI=1S/C20H24F2O5/c1-17-5-3-10(23)7-13(17)14(21)8-12-11-4-6-19(27,16(25)26)18(11,2)9-15(24)20(12,17)22/h3,5,7,11-12,14-15,24,27H,4,6,8-9H2,1-2H3,(H,25,26)/t11-,12-,14+,15-,17-,18+,19+,20-/m0/s1. The number of carboxylic acid groups (broad SMARTS) is 1. The lowest BCUT2D eigenvalue weighted by Crippen LogP contribution is -2.70. The first kappa shape index (κ1) is 18.7. The molecule has 3 fully saturated rings. The Labute approximate surface area is 155 Å². The van der Waals surface area contributed by atoms with Gasteiger partial charge < -0.3 is 15.3 Å². The SMILES string of the molecule is C[C@]12C=CC(=O)C=C1[C@H](F)C[C@H]1[C@@H]3CC[C@@](O)(C(=O)O)[C@]3(C)C[C@H](O)[C@@]12F. The highest BCUT2D eigenvalue weighted by atomic mass is 19.1. The summed E-state index contributed by atoms with van der Waals surface area (Å²) in [6.45, 7) is 3.05. The van der Waals surface area contributed by atoms with Crippen LogP contribution >= 0.6 is 0 Å². The largest absolute Gasteiger partial charge is 0.479 e. The van der Waals surface area contributed by atoms with Crippen molar-refractivity contribution in [3.63, 3.8) is 0 Å². The minimum absolute atomic E-state index is 0.0305. The minimum Gasteiger partial charge on any atom is -0.479 e. The summed E-state index contributed by atoms with van der Waals surface area (Å²) >= 11 is 0. The average Bonchev–Trinajstić information content (AvgIpc) is 2.85. The van der Waals surface area contributed by atoms with E-state index in [1.165, 1.54) is 19.1 Å². The van der Waals surface area contributed by atoms with Crippen LogP contribution in [-0.2, 0) is 9.59 Å². The molecular weight excluding hydrogens is 358 g/mol. The molecule has 4 rings (SSSR count). The summed E-state index contributed by atoms with van der Waals surface area (Å²) in [6, 6.07) is 0. The van der Waals surface area contributed by atoms with Crippen molar-refractivity contribution in [3.05, 3.63) is 23.8 Å². The third kappa shape index (κ3) is 1.94. The van der Waals surface area contributed by atoms with E-state index < -0.39 is 58.0 Å². The van der Waals surface area contributed by atoms with Crippen LogP contribution in [0.1, 0.15) is 39.5 Å². The van der Waals surface area contributed by atoms with E-state index in [1.807, 2.05) is 0 Å². The van der Waals surface area contributed by atoms with Gasteiger partial charge in [-0.3, -0.25) is 4.79 Å². The molecule has 148 valence electrons. The van der Waals surface area contributed by atoms with E-state index in [9.17, 15) is 24.9 Å². The molecular formula is C20H24F2O5. The number of carbonyl (C=O) groups is 2. The lowest BCUT2D eigenvalue weighted by Gasteiger charge is -2.62. The number of rotatable bonds is 1. The summed E-state index contributed by atoms with van der Waals surface area (Å²) in [5, 5.41) is 31.3. The van der Waals surface area contributed by atoms with Crippen LogP contribution in [-0.4, -0.2) is 50.6 Å².